The maximum absolute atomic E-state index is 12.6. The third kappa shape index (κ3) is 3.90. The number of aliphatic hydroxyl groups excluding tert-OH is 1. The van der Waals surface area contributed by atoms with Crippen molar-refractivity contribution >= 4 is 29.3 Å². The van der Waals surface area contributed by atoms with E-state index in [0.29, 0.717) is 24.8 Å². The van der Waals surface area contributed by atoms with Crippen molar-refractivity contribution < 1.29 is 59.1 Å². The van der Waals surface area contributed by atoms with Crippen molar-refractivity contribution in [1.29, 1.82) is 0 Å². The SMILES string of the molecule is CC(O)[C@H]1C(=O)N2C(C(=O)[O-])=C3[C@@H](NC(=O)Nc4ccccc4[N+](=O)[O-])CCC[C@@H]3[C@H]12.[Na+]. The number of nitrogens with one attached hydrogen (secondary N) is 2. The minimum atomic E-state index is -1.51. The third-order valence-electron chi connectivity index (χ3n) is 6.27. The van der Waals surface area contributed by atoms with Crippen LogP contribution in [0.25, 0.3) is 0 Å². The summed E-state index contributed by atoms with van der Waals surface area (Å²) < 4.78 is 0. The minimum absolute atomic E-state index is 0. The molecule has 1 saturated heterocycles. The van der Waals surface area contributed by atoms with E-state index in [1.54, 1.807) is 6.07 Å². The third-order valence-corrected chi connectivity index (χ3v) is 6.27. The fraction of sp³-hybridized carbons (Fsp3) is 0.450. The average Bonchev–Trinajstić information content (AvgIpc) is 2.99. The van der Waals surface area contributed by atoms with Gasteiger partial charge in [-0.2, -0.15) is 0 Å². The van der Waals surface area contributed by atoms with Crippen LogP contribution in [-0.2, 0) is 9.59 Å². The van der Waals surface area contributed by atoms with E-state index in [9.17, 15) is 34.7 Å². The molecule has 0 spiro atoms. The summed E-state index contributed by atoms with van der Waals surface area (Å²) in [6, 6.07) is 3.79. The van der Waals surface area contributed by atoms with Crippen LogP contribution < -0.4 is 45.3 Å². The van der Waals surface area contributed by atoms with Crippen molar-refractivity contribution in [1.82, 2.24) is 10.2 Å². The predicted molar refractivity (Wildman–Crippen MR) is 104 cm³/mol. The summed E-state index contributed by atoms with van der Waals surface area (Å²) in [6.07, 6.45) is 0.816. The summed E-state index contributed by atoms with van der Waals surface area (Å²) >= 11 is 0. The van der Waals surface area contributed by atoms with Crippen molar-refractivity contribution in [3.05, 3.63) is 45.6 Å². The van der Waals surface area contributed by atoms with Gasteiger partial charge in [0.25, 0.3) is 5.69 Å². The number of fused-ring (bicyclic) bond motifs is 3. The zero-order valence-electron chi connectivity index (χ0n) is 17.6. The molecule has 11 nitrogen and oxygen atoms in total. The second-order valence-electron chi connectivity index (χ2n) is 8.02. The van der Waals surface area contributed by atoms with Gasteiger partial charge in [0.05, 0.1) is 40.7 Å². The number of nitrogens with zero attached hydrogens (tertiary/aromatic N) is 2. The molecule has 0 bridgehead atoms. The summed E-state index contributed by atoms with van der Waals surface area (Å²) in [5.41, 5.74) is -0.103. The number of carboxylic acid groups (broad SMARTS) is 1. The summed E-state index contributed by atoms with van der Waals surface area (Å²) in [5.74, 6) is -2.98. The van der Waals surface area contributed by atoms with Crippen molar-refractivity contribution in [2.45, 2.75) is 44.4 Å². The molecule has 5 atom stereocenters. The molecule has 1 aromatic carbocycles. The molecule has 1 aromatic rings. The van der Waals surface area contributed by atoms with Crippen LogP contribution in [0.1, 0.15) is 26.2 Å². The number of β-lactam (4-membered cyclic amide) rings is 1. The van der Waals surface area contributed by atoms with E-state index in [1.807, 2.05) is 0 Å². The fourth-order valence-corrected chi connectivity index (χ4v) is 5.08. The normalized spacial score (nSPS) is 26.8. The molecular weight excluding hydrogens is 431 g/mol. The van der Waals surface area contributed by atoms with E-state index in [0.717, 1.165) is 0 Å². The van der Waals surface area contributed by atoms with Crippen LogP contribution in [0.4, 0.5) is 16.2 Å². The molecule has 1 unspecified atom stereocenters. The van der Waals surface area contributed by atoms with Gasteiger partial charge in [-0.15, -0.1) is 0 Å². The first-order chi connectivity index (χ1) is 14.7. The summed E-state index contributed by atoms with van der Waals surface area (Å²) in [6.45, 7) is 1.50. The van der Waals surface area contributed by atoms with Crippen molar-refractivity contribution in [2.24, 2.45) is 11.8 Å². The van der Waals surface area contributed by atoms with E-state index in [-0.39, 0.29) is 52.5 Å². The number of aliphatic hydroxyl groups is 1. The Morgan fingerprint density at radius 1 is 1.28 bits per heavy atom. The summed E-state index contributed by atoms with van der Waals surface area (Å²) in [7, 11) is 0. The van der Waals surface area contributed by atoms with Crippen LogP contribution in [0.2, 0.25) is 0 Å². The first-order valence-electron chi connectivity index (χ1n) is 9.99. The molecular formula is C20H21N4NaO7. The van der Waals surface area contributed by atoms with Crippen molar-refractivity contribution in [3.8, 4) is 0 Å². The number of aliphatic carboxylic acids is 1. The Balaban J connectivity index is 0.00000289. The number of carbonyl (C=O) groups is 3. The maximum Gasteiger partial charge on any atom is 1.00 e. The van der Waals surface area contributed by atoms with Gasteiger partial charge in [-0.1, -0.05) is 18.6 Å². The Bertz CT molecular complexity index is 1010. The second-order valence-corrected chi connectivity index (χ2v) is 8.02. The molecule has 3 N–H and O–H groups in total. The van der Waals surface area contributed by atoms with Gasteiger partial charge in [0.1, 0.15) is 5.69 Å². The van der Waals surface area contributed by atoms with Gasteiger partial charge in [0, 0.05) is 12.0 Å². The number of carboxylic acids is 1. The molecule has 1 aliphatic carbocycles. The number of nitro groups is 1. The maximum atomic E-state index is 12.6. The zero-order chi connectivity index (χ0) is 22.4. The zero-order valence-corrected chi connectivity index (χ0v) is 19.6. The predicted octanol–water partition coefficient (Wildman–Crippen LogP) is -2.89. The number of nitro benzene ring substituents is 1. The molecule has 3 aliphatic rings. The molecule has 12 heteroatoms. The quantitative estimate of drug-likeness (QED) is 0.187. The topological polar surface area (TPSA) is 165 Å². The number of para-hydroxylation sites is 2. The molecule has 2 fully saturated rings. The Labute approximate surface area is 205 Å². The number of anilines is 1. The molecule has 4 rings (SSSR count). The van der Waals surface area contributed by atoms with Gasteiger partial charge in [0.15, 0.2) is 0 Å². The van der Waals surface area contributed by atoms with Gasteiger partial charge in [-0.05, 0) is 31.4 Å². The van der Waals surface area contributed by atoms with Crippen LogP contribution in [0, 0.1) is 22.0 Å². The van der Waals surface area contributed by atoms with Crippen LogP contribution in [-0.4, -0.2) is 51.0 Å². The van der Waals surface area contributed by atoms with Crippen molar-refractivity contribution in [3.63, 3.8) is 0 Å². The largest absolute Gasteiger partial charge is 1.00 e. The number of hydrogen-bond acceptors (Lipinski definition) is 7. The van der Waals surface area contributed by atoms with Gasteiger partial charge < -0.3 is 30.5 Å². The minimum Gasteiger partial charge on any atom is -0.543 e. The summed E-state index contributed by atoms with van der Waals surface area (Å²) in [4.78, 5) is 48.7. The monoisotopic (exact) mass is 452 g/mol. The molecule has 0 radical (unpaired) electrons. The van der Waals surface area contributed by atoms with E-state index >= 15 is 0 Å². The van der Waals surface area contributed by atoms with E-state index in [4.69, 9.17) is 0 Å². The van der Waals surface area contributed by atoms with Crippen LogP contribution in [0.15, 0.2) is 35.5 Å². The van der Waals surface area contributed by atoms with Gasteiger partial charge in [-0.25, -0.2) is 4.79 Å². The second kappa shape index (κ2) is 9.18. The molecule has 32 heavy (non-hydrogen) atoms. The van der Waals surface area contributed by atoms with E-state index in [2.05, 4.69) is 10.6 Å². The van der Waals surface area contributed by atoms with E-state index in [1.165, 1.54) is 30.0 Å². The fourth-order valence-electron chi connectivity index (χ4n) is 5.08. The molecule has 1 saturated carbocycles. The summed E-state index contributed by atoms with van der Waals surface area (Å²) in [5, 5.41) is 38.2. The van der Waals surface area contributed by atoms with Crippen LogP contribution in [0.3, 0.4) is 0 Å². The van der Waals surface area contributed by atoms with Crippen molar-refractivity contribution in [2.75, 3.05) is 5.32 Å². The Morgan fingerprint density at radius 3 is 2.59 bits per heavy atom. The standard InChI is InChI=1S/C20H22N4O7.Na/c1-9(25)14-16-10-5-4-7-12(15(10)17(19(27)28)23(16)18(14)26)22-20(29)21-11-6-2-3-8-13(11)24(30)31;/h2-3,6,8-10,12,14,16,25H,4-5,7H2,1H3,(H,27,28)(H2,21,22,29);/q;+1/p-1/t9?,10-,12-,14+,16+;/m0./s1. The van der Waals surface area contributed by atoms with Gasteiger partial charge in [0.2, 0.25) is 5.91 Å². The van der Waals surface area contributed by atoms with Crippen LogP contribution >= 0.6 is 0 Å². The number of benzene rings is 1. The Morgan fingerprint density at radius 2 is 1.97 bits per heavy atom. The number of carbonyl (C=O) groups excluding carboxylic acids is 3. The Kier molecular flexibility index (Phi) is 6.94. The molecule has 164 valence electrons. The molecule has 0 aromatic heterocycles. The van der Waals surface area contributed by atoms with Crippen LogP contribution in [0.5, 0.6) is 0 Å². The molecule has 3 amide bonds. The molecule has 2 heterocycles. The first kappa shape index (κ1) is 24.2. The average molecular weight is 452 g/mol. The molecule has 2 aliphatic heterocycles. The van der Waals surface area contributed by atoms with E-state index < -0.39 is 46.9 Å². The number of rotatable bonds is 5. The van der Waals surface area contributed by atoms with Gasteiger partial charge in [-0.3, -0.25) is 14.9 Å². The first-order valence-corrected chi connectivity index (χ1v) is 9.99. The smallest absolute Gasteiger partial charge is 0.543 e. The number of amides is 3. The number of urea groups is 1. The number of hydrogen-bond donors (Lipinski definition) is 3. The van der Waals surface area contributed by atoms with Gasteiger partial charge >= 0.3 is 35.6 Å². The Hall–Kier alpha value is -2.47.